The van der Waals surface area contributed by atoms with Crippen LogP contribution < -0.4 is 0 Å². The number of hydrogen-bond donors (Lipinski definition) is 1. The van der Waals surface area contributed by atoms with Crippen LogP contribution in [0.15, 0.2) is 102 Å². The molecule has 0 atom stereocenters. The molecule has 3 aromatic carbocycles. The van der Waals surface area contributed by atoms with E-state index in [0.717, 1.165) is 27.8 Å². The van der Waals surface area contributed by atoms with E-state index >= 15 is 0 Å². The number of nitrogens with zero attached hydrogens (tertiary/aromatic N) is 2. The van der Waals surface area contributed by atoms with Gasteiger partial charge in [-0.3, -0.25) is 4.79 Å². The second-order valence-corrected chi connectivity index (χ2v) is 7.45. The van der Waals surface area contributed by atoms with Crippen LogP contribution in [0.1, 0.15) is 21.8 Å². The van der Waals surface area contributed by atoms with E-state index in [2.05, 4.69) is 34.2 Å². The molecule has 5 nitrogen and oxygen atoms in total. The van der Waals surface area contributed by atoms with E-state index < -0.39 is 0 Å². The van der Waals surface area contributed by atoms with Crippen LogP contribution in [0.4, 0.5) is 0 Å². The Morgan fingerprint density at radius 2 is 1.68 bits per heavy atom. The number of hydrogen-bond acceptors (Lipinski definition) is 3. The first-order valence-electron chi connectivity index (χ1n) is 10.2. The Kier molecular flexibility index (Phi) is 5.07. The third-order valence-electron chi connectivity index (χ3n) is 5.25. The molecule has 1 amide bonds. The van der Waals surface area contributed by atoms with Crippen molar-refractivity contribution in [1.29, 1.82) is 0 Å². The highest BCUT2D eigenvalue weighted by Crippen LogP contribution is 2.24. The molecule has 2 heterocycles. The van der Waals surface area contributed by atoms with Crippen molar-refractivity contribution in [3.63, 3.8) is 0 Å². The van der Waals surface area contributed by atoms with Crippen molar-refractivity contribution in [2.75, 3.05) is 0 Å². The van der Waals surface area contributed by atoms with Gasteiger partial charge in [-0.25, -0.2) is 4.98 Å². The predicted octanol–water partition coefficient (Wildman–Crippen LogP) is 5.67. The van der Waals surface area contributed by atoms with E-state index in [0.29, 0.717) is 24.4 Å². The van der Waals surface area contributed by atoms with E-state index in [1.807, 2.05) is 54.6 Å². The smallest absolute Gasteiger partial charge is 0.290 e. The van der Waals surface area contributed by atoms with Crippen molar-refractivity contribution >= 4 is 16.9 Å². The van der Waals surface area contributed by atoms with Crippen molar-refractivity contribution in [2.45, 2.75) is 13.1 Å². The summed E-state index contributed by atoms with van der Waals surface area (Å²) in [5.74, 6) is 0.177. The van der Waals surface area contributed by atoms with Crippen molar-refractivity contribution in [1.82, 2.24) is 14.9 Å². The normalized spacial score (nSPS) is 11.0. The molecule has 0 bridgehead atoms. The lowest BCUT2D eigenvalue weighted by molar-refractivity contribution is 0.0698. The van der Waals surface area contributed by atoms with Gasteiger partial charge >= 0.3 is 0 Å². The molecule has 1 N–H and O–H groups in total. The Balaban J connectivity index is 1.46. The van der Waals surface area contributed by atoms with Crippen LogP contribution in [0.2, 0.25) is 0 Å². The fourth-order valence-corrected chi connectivity index (χ4v) is 3.72. The summed E-state index contributed by atoms with van der Waals surface area (Å²) >= 11 is 0. The molecule has 0 saturated carbocycles. The zero-order valence-corrected chi connectivity index (χ0v) is 16.9. The van der Waals surface area contributed by atoms with Gasteiger partial charge in [-0.1, -0.05) is 66.7 Å². The first-order valence-corrected chi connectivity index (χ1v) is 10.2. The molecule has 0 aliphatic carbocycles. The van der Waals surface area contributed by atoms with Crippen LogP contribution in [0.25, 0.3) is 22.1 Å². The van der Waals surface area contributed by atoms with E-state index in [4.69, 9.17) is 4.42 Å². The number of carbonyl (C=O) groups is 1. The number of nitrogens with one attached hydrogen (secondary N) is 1. The molecular weight excluding hydrogens is 386 g/mol. The summed E-state index contributed by atoms with van der Waals surface area (Å²) < 4.78 is 5.84. The second-order valence-electron chi connectivity index (χ2n) is 7.45. The van der Waals surface area contributed by atoms with Crippen LogP contribution in [0, 0.1) is 0 Å². The van der Waals surface area contributed by atoms with Gasteiger partial charge in [-0.05, 0) is 34.9 Å². The average Bonchev–Trinajstić information content (AvgIpc) is 3.49. The lowest BCUT2D eigenvalue weighted by Gasteiger charge is -2.21. The van der Waals surface area contributed by atoms with Crippen molar-refractivity contribution in [2.24, 2.45) is 0 Å². The number of benzene rings is 3. The summed E-state index contributed by atoms with van der Waals surface area (Å²) in [5.41, 5.74) is 4.89. The quantitative estimate of drug-likeness (QED) is 0.395. The second kappa shape index (κ2) is 8.32. The Bertz CT molecular complexity index is 1270. The van der Waals surface area contributed by atoms with Gasteiger partial charge < -0.3 is 14.3 Å². The van der Waals surface area contributed by atoms with Gasteiger partial charge in [-0.2, -0.15) is 0 Å². The van der Waals surface area contributed by atoms with Crippen LogP contribution in [-0.4, -0.2) is 20.8 Å². The van der Waals surface area contributed by atoms with Crippen LogP contribution in [0.5, 0.6) is 0 Å². The number of carbonyl (C=O) groups excluding carboxylic acids is 1. The van der Waals surface area contributed by atoms with Gasteiger partial charge in [0.05, 0.1) is 18.6 Å². The number of H-pyrrole nitrogens is 1. The van der Waals surface area contributed by atoms with Crippen LogP contribution >= 0.6 is 0 Å². The fraction of sp³-hybridized carbons (Fsp3) is 0.0769. The zero-order valence-electron chi connectivity index (χ0n) is 16.9. The number of aromatic amines is 1. The summed E-state index contributed by atoms with van der Waals surface area (Å²) in [5, 5.41) is 0.915. The number of furan rings is 1. The molecule has 0 aliphatic heterocycles. The molecule has 0 saturated heterocycles. The fourth-order valence-electron chi connectivity index (χ4n) is 3.72. The minimum Gasteiger partial charge on any atom is -0.451 e. The molecule has 0 aliphatic rings. The number of amides is 1. The molecule has 31 heavy (non-hydrogen) atoms. The summed E-state index contributed by atoms with van der Waals surface area (Å²) in [6, 6.07) is 27.9. The third kappa shape index (κ3) is 4.12. The highest BCUT2D eigenvalue weighted by molar-refractivity contribution is 5.96. The van der Waals surface area contributed by atoms with E-state index in [-0.39, 0.29) is 5.91 Å². The van der Waals surface area contributed by atoms with Crippen LogP contribution in [-0.2, 0) is 13.1 Å². The first kappa shape index (κ1) is 18.9. The predicted molar refractivity (Wildman–Crippen MR) is 120 cm³/mol. The van der Waals surface area contributed by atoms with Gasteiger partial charge in [0.2, 0.25) is 0 Å². The number of imidazole rings is 1. The SMILES string of the molecule is O=C(c1cc2ccccc2o1)N(Cc1cccc(-c2ccccc2)c1)Cc1cnc[nH]1. The number of fused-ring (bicyclic) bond motifs is 1. The standard InChI is InChI=1S/C26H21N3O2/c30-26(25-14-22-10-4-5-12-24(22)31-25)29(17-23-15-27-18-28-23)16-19-7-6-11-21(13-19)20-8-2-1-3-9-20/h1-15,18H,16-17H2,(H,27,28). The van der Waals surface area contributed by atoms with Gasteiger partial charge in [0, 0.05) is 18.1 Å². The Hall–Kier alpha value is -4.12. The number of rotatable bonds is 6. The Labute approximate surface area is 180 Å². The minimum atomic E-state index is -0.157. The van der Waals surface area contributed by atoms with E-state index in [9.17, 15) is 4.79 Å². The summed E-state index contributed by atoms with van der Waals surface area (Å²) in [6.45, 7) is 0.862. The molecule has 5 heteroatoms. The maximum atomic E-state index is 13.4. The Morgan fingerprint density at radius 3 is 2.48 bits per heavy atom. The largest absolute Gasteiger partial charge is 0.451 e. The van der Waals surface area contributed by atoms with Gasteiger partial charge in [0.15, 0.2) is 5.76 Å². The monoisotopic (exact) mass is 407 g/mol. The van der Waals surface area contributed by atoms with Crippen LogP contribution in [0.3, 0.4) is 0 Å². The Morgan fingerprint density at radius 1 is 0.871 bits per heavy atom. The average molecular weight is 407 g/mol. The third-order valence-corrected chi connectivity index (χ3v) is 5.25. The molecule has 2 aromatic heterocycles. The molecule has 5 aromatic rings. The molecule has 0 radical (unpaired) electrons. The van der Waals surface area contributed by atoms with Crippen molar-refractivity contribution < 1.29 is 9.21 Å². The van der Waals surface area contributed by atoms with Gasteiger partial charge in [-0.15, -0.1) is 0 Å². The highest BCUT2D eigenvalue weighted by atomic mass is 16.3. The summed E-state index contributed by atoms with van der Waals surface area (Å²) in [4.78, 5) is 22.3. The van der Waals surface area contributed by atoms with Gasteiger partial charge in [0.1, 0.15) is 5.58 Å². The van der Waals surface area contributed by atoms with E-state index in [1.54, 1.807) is 23.5 Å². The first-order chi connectivity index (χ1) is 15.3. The molecule has 152 valence electrons. The van der Waals surface area contributed by atoms with Crippen molar-refractivity contribution in [3.8, 4) is 11.1 Å². The zero-order chi connectivity index (χ0) is 21.0. The highest BCUT2D eigenvalue weighted by Gasteiger charge is 2.21. The molecule has 0 fully saturated rings. The lowest BCUT2D eigenvalue weighted by atomic mass is 10.0. The topological polar surface area (TPSA) is 62.1 Å². The summed E-state index contributed by atoms with van der Waals surface area (Å²) in [7, 11) is 0. The molecule has 0 unspecified atom stereocenters. The lowest BCUT2D eigenvalue weighted by Crippen LogP contribution is -2.30. The molecular formula is C26H21N3O2. The minimum absolute atomic E-state index is 0.157. The van der Waals surface area contributed by atoms with Crippen molar-refractivity contribution in [3.05, 3.63) is 114 Å². The maximum Gasteiger partial charge on any atom is 0.290 e. The van der Waals surface area contributed by atoms with Gasteiger partial charge in [0.25, 0.3) is 5.91 Å². The summed E-state index contributed by atoms with van der Waals surface area (Å²) in [6.07, 6.45) is 3.36. The number of aromatic nitrogens is 2. The maximum absolute atomic E-state index is 13.4. The molecule has 5 rings (SSSR count). The number of para-hydroxylation sites is 1. The van der Waals surface area contributed by atoms with E-state index in [1.165, 1.54) is 0 Å². The molecule has 0 spiro atoms.